The first-order chi connectivity index (χ1) is 9.15. The fourth-order valence-electron chi connectivity index (χ4n) is 2.25. The number of carbonyl (C=O) groups is 1. The summed E-state index contributed by atoms with van der Waals surface area (Å²) in [4.78, 5) is 11.8. The molecule has 0 spiro atoms. The highest BCUT2D eigenvalue weighted by Gasteiger charge is 2.10. The van der Waals surface area contributed by atoms with Crippen molar-refractivity contribution < 1.29 is 4.79 Å². The number of rotatable bonds is 8. The minimum atomic E-state index is 0.0812. The standard InChI is InChI=1S/C16H26N2O/c1-13-9-6-7-10-15(13)14(2)18-16(19)11-5-3-4-8-12-17/h6-7,9-10,14H,3-5,8,11-12,17H2,1-2H3,(H,18,19)/t14-/m1/s1. The second-order valence-corrected chi connectivity index (χ2v) is 5.10. The fraction of sp³-hybridized carbons (Fsp3) is 0.562. The molecule has 0 bridgehead atoms. The summed E-state index contributed by atoms with van der Waals surface area (Å²) in [5.74, 6) is 0.142. The van der Waals surface area contributed by atoms with Crippen molar-refractivity contribution in [2.75, 3.05) is 6.54 Å². The summed E-state index contributed by atoms with van der Waals surface area (Å²) in [6.07, 6.45) is 4.83. The number of benzene rings is 1. The van der Waals surface area contributed by atoms with Crippen molar-refractivity contribution in [2.45, 2.75) is 52.0 Å². The number of aryl methyl sites for hydroxylation is 1. The summed E-state index contributed by atoms with van der Waals surface area (Å²) in [5, 5.41) is 3.06. The SMILES string of the molecule is Cc1ccccc1[C@@H](C)NC(=O)CCCCCCN. The molecule has 1 aromatic rings. The topological polar surface area (TPSA) is 55.1 Å². The third kappa shape index (κ3) is 5.88. The first kappa shape index (κ1) is 15.7. The summed E-state index contributed by atoms with van der Waals surface area (Å²) >= 11 is 0. The van der Waals surface area contributed by atoms with Crippen LogP contribution in [0.5, 0.6) is 0 Å². The zero-order valence-electron chi connectivity index (χ0n) is 12.1. The van der Waals surface area contributed by atoms with Gasteiger partial charge >= 0.3 is 0 Å². The monoisotopic (exact) mass is 262 g/mol. The van der Waals surface area contributed by atoms with Crippen molar-refractivity contribution in [3.63, 3.8) is 0 Å². The predicted molar refractivity (Wildman–Crippen MR) is 79.9 cm³/mol. The summed E-state index contributed by atoms with van der Waals surface area (Å²) in [5.41, 5.74) is 7.85. The molecule has 1 amide bonds. The Morgan fingerprint density at radius 2 is 1.89 bits per heavy atom. The number of carbonyl (C=O) groups excluding carboxylic acids is 1. The quantitative estimate of drug-likeness (QED) is 0.707. The van der Waals surface area contributed by atoms with Gasteiger partial charge in [-0.25, -0.2) is 0 Å². The second kappa shape index (κ2) is 8.70. The van der Waals surface area contributed by atoms with Crippen LogP contribution in [-0.2, 0) is 4.79 Å². The molecule has 0 radical (unpaired) electrons. The molecule has 0 aliphatic carbocycles. The third-order valence-electron chi connectivity index (χ3n) is 3.39. The van der Waals surface area contributed by atoms with Crippen molar-refractivity contribution in [3.05, 3.63) is 35.4 Å². The van der Waals surface area contributed by atoms with E-state index in [9.17, 15) is 4.79 Å². The Morgan fingerprint density at radius 3 is 2.58 bits per heavy atom. The van der Waals surface area contributed by atoms with Crippen LogP contribution in [0.2, 0.25) is 0 Å². The van der Waals surface area contributed by atoms with Gasteiger partial charge in [-0.15, -0.1) is 0 Å². The van der Waals surface area contributed by atoms with Crippen molar-refractivity contribution in [3.8, 4) is 0 Å². The molecule has 1 rings (SSSR count). The highest BCUT2D eigenvalue weighted by atomic mass is 16.1. The highest BCUT2D eigenvalue weighted by molar-refractivity contribution is 5.76. The van der Waals surface area contributed by atoms with Crippen molar-refractivity contribution >= 4 is 5.91 Å². The number of amides is 1. The molecule has 0 fully saturated rings. The largest absolute Gasteiger partial charge is 0.350 e. The fourth-order valence-corrected chi connectivity index (χ4v) is 2.25. The lowest BCUT2D eigenvalue weighted by Crippen LogP contribution is -2.26. The number of hydrogen-bond donors (Lipinski definition) is 2. The van der Waals surface area contributed by atoms with Crippen molar-refractivity contribution in [1.29, 1.82) is 0 Å². The Bertz CT molecular complexity index is 390. The number of nitrogens with two attached hydrogens (primary N) is 1. The maximum atomic E-state index is 11.8. The van der Waals surface area contributed by atoms with E-state index in [2.05, 4.69) is 24.4 Å². The number of nitrogens with one attached hydrogen (secondary N) is 1. The van der Waals surface area contributed by atoms with Crippen LogP contribution in [0.4, 0.5) is 0 Å². The first-order valence-electron chi connectivity index (χ1n) is 7.20. The highest BCUT2D eigenvalue weighted by Crippen LogP contribution is 2.16. The van der Waals surface area contributed by atoms with E-state index >= 15 is 0 Å². The molecule has 0 heterocycles. The zero-order chi connectivity index (χ0) is 14.1. The van der Waals surface area contributed by atoms with Crippen LogP contribution in [0.1, 0.15) is 56.2 Å². The Morgan fingerprint density at radius 1 is 1.21 bits per heavy atom. The van der Waals surface area contributed by atoms with E-state index in [1.807, 2.05) is 19.1 Å². The summed E-state index contributed by atoms with van der Waals surface area (Å²) in [7, 11) is 0. The molecule has 1 aromatic carbocycles. The van der Waals surface area contributed by atoms with Crippen LogP contribution in [0.3, 0.4) is 0 Å². The van der Waals surface area contributed by atoms with E-state index < -0.39 is 0 Å². The first-order valence-corrected chi connectivity index (χ1v) is 7.20. The molecule has 0 aliphatic rings. The molecule has 1 atom stereocenters. The van der Waals surface area contributed by atoms with E-state index in [4.69, 9.17) is 5.73 Å². The minimum absolute atomic E-state index is 0.0812. The van der Waals surface area contributed by atoms with Crippen LogP contribution >= 0.6 is 0 Å². The van der Waals surface area contributed by atoms with Gasteiger partial charge in [0.2, 0.25) is 5.91 Å². The molecule has 0 aliphatic heterocycles. The van der Waals surface area contributed by atoms with Gasteiger partial charge in [0.05, 0.1) is 6.04 Å². The van der Waals surface area contributed by atoms with E-state index in [1.165, 1.54) is 11.1 Å². The Labute approximate surface area is 116 Å². The van der Waals surface area contributed by atoms with E-state index in [0.29, 0.717) is 6.42 Å². The van der Waals surface area contributed by atoms with Gasteiger partial charge in [0, 0.05) is 6.42 Å². The maximum absolute atomic E-state index is 11.8. The van der Waals surface area contributed by atoms with Gasteiger partial charge in [-0.1, -0.05) is 37.1 Å². The Kier molecular flexibility index (Phi) is 7.19. The lowest BCUT2D eigenvalue weighted by Gasteiger charge is -2.16. The van der Waals surface area contributed by atoms with Crippen LogP contribution < -0.4 is 11.1 Å². The van der Waals surface area contributed by atoms with Gasteiger partial charge in [-0.05, 0) is 44.4 Å². The smallest absolute Gasteiger partial charge is 0.220 e. The molecule has 3 heteroatoms. The molecule has 19 heavy (non-hydrogen) atoms. The molecule has 3 N–H and O–H groups in total. The summed E-state index contributed by atoms with van der Waals surface area (Å²) < 4.78 is 0. The molecule has 3 nitrogen and oxygen atoms in total. The van der Waals surface area contributed by atoms with Gasteiger partial charge in [-0.2, -0.15) is 0 Å². The van der Waals surface area contributed by atoms with Gasteiger partial charge in [0.15, 0.2) is 0 Å². The molecule has 0 saturated heterocycles. The average molecular weight is 262 g/mol. The van der Waals surface area contributed by atoms with E-state index in [1.54, 1.807) is 0 Å². The molecule has 0 saturated carbocycles. The zero-order valence-corrected chi connectivity index (χ0v) is 12.1. The summed E-state index contributed by atoms with van der Waals surface area (Å²) in [6.45, 7) is 4.86. The van der Waals surface area contributed by atoms with Gasteiger partial charge in [-0.3, -0.25) is 4.79 Å². The minimum Gasteiger partial charge on any atom is -0.350 e. The molecular weight excluding hydrogens is 236 g/mol. The third-order valence-corrected chi connectivity index (χ3v) is 3.39. The lowest BCUT2D eigenvalue weighted by molar-refractivity contribution is -0.121. The van der Waals surface area contributed by atoms with Gasteiger partial charge < -0.3 is 11.1 Å². The average Bonchev–Trinajstić information content (AvgIpc) is 2.39. The van der Waals surface area contributed by atoms with Gasteiger partial charge in [0.1, 0.15) is 0 Å². The van der Waals surface area contributed by atoms with Crippen LogP contribution in [0.15, 0.2) is 24.3 Å². The summed E-state index contributed by atoms with van der Waals surface area (Å²) in [6, 6.07) is 8.26. The molecular formula is C16H26N2O. The molecule has 106 valence electrons. The maximum Gasteiger partial charge on any atom is 0.220 e. The van der Waals surface area contributed by atoms with Crippen LogP contribution in [0.25, 0.3) is 0 Å². The normalized spacial score (nSPS) is 12.2. The van der Waals surface area contributed by atoms with Crippen LogP contribution in [0, 0.1) is 6.92 Å². The molecule has 0 unspecified atom stereocenters. The lowest BCUT2D eigenvalue weighted by atomic mass is 10.0. The Balaban J connectivity index is 2.30. The van der Waals surface area contributed by atoms with Crippen molar-refractivity contribution in [2.24, 2.45) is 5.73 Å². The van der Waals surface area contributed by atoms with Crippen LogP contribution in [-0.4, -0.2) is 12.5 Å². The Hall–Kier alpha value is -1.35. The van der Waals surface area contributed by atoms with E-state index in [0.717, 1.165) is 32.2 Å². The predicted octanol–water partition coefficient (Wildman–Crippen LogP) is 3.08. The van der Waals surface area contributed by atoms with E-state index in [-0.39, 0.29) is 11.9 Å². The number of hydrogen-bond acceptors (Lipinski definition) is 2. The molecule has 0 aromatic heterocycles. The van der Waals surface area contributed by atoms with Crippen molar-refractivity contribution in [1.82, 2.24) is 5.32 Å². The van der Waals surface area contributed by atoms with Gasteiger partial charge in [0.25, 0.3) is 0 Å². The second-order valence-electron chi connectivity index (χ2n) is 5.10. The number of unbranched alkanes of at least 4 members (excludes halogenated alkanes) is 3.